The van der Waals surface area contributed by atoms with Crippen LogP contribution in [0.1, 0.15) is 32.3 Å². The highest BCUT2D eigenvalue weighted by molar-refractivity contribution is 5.88. The second kappa shape index (κ2) is 8.92. The molecule has 6 nitrogen and oxygen atoms in total. The Morgan fingerprint density at radius 3 is 2.60 bits per heavy atom. The van der Waals surface area contributed by atoms with Gasteiger partial charge in [-0.2, -0.15) is 0 Å². The van der Waals surface area contributed by atoms with Gasteiger partial charge in [0.25, 0.3) is 0 Å². The highest BCUT2D eigenvalue weighted by Crippen LogP contribution is 2.28. The maximum absolute atomic E-state index is 11.9. The van der Waals surface area contributed by atoms with E-state index in [1.54, 1.807) is 0 Å². The van der Waals surface area contributed by atoms with E-state index in [0.29, 0.717) is 19.5 Å². The molecule has 0 aliphatic rings. The summed E-state index contributed by atoms with van der Waals surface area (Å²) < 4.78 is 5.87. The summed E-state index contributed by atoms with van der Waals surface area (Å²) in [6, 6.07) is 11.5. The molecule has 0 saturated heterocycles. The first-order chi connectivity index (χ1) is 12.0. The van der Waals surface area contributed by atoms with Gasteiger partial charge in [0.05, 0.1) is 6.10 Å². The van der Waals surface area contributed by atoms with Crippen LogP contribution < -0.4 is 15.4 Å². The van der Waals surface area contributed by atoms with Crippen LogP contribution in [0.5, 0.6) is 5.75 Å². The Morgan fingerprint density at radius 2 is 1.88 bits per heavy atom. The summed E-state index contributed by atoms with van der Waals surface area (Å²) in [4.78, 5) is 22.4. The highest BCUT2D eigenvalue weighted by atomic mass is 16.5. The Labute approximate surface area is 147 Å². The van der Waals surface area contributed by atoms with Gasteiger partial charge < -0.3 is 20.5 Å². The number of amides is 2. The van der Waals surface area contributed by atoms with E-state index in [2.05, 4.69) is 10.6 Å². The number of fused-ring (bicyclic) bond motifs is 1. The van der Waals surface area contributed by atoms with Crippen LogP contribution in [0, 0.1) is 0 Å². The number of urea groups is 1. The molecule has 0 unspecified atom stereocenters. The Morgan fingerprint density at radius 1 is 1.12 bits per heavy atom. The van der Waals surface area contributed by atoms with Gasteiger partial charge in [0.15, 0.2) is 0 Å². The zero-order valence-corrected chi connectivity index (χ0v) is 14.5. The summed E-state index contributed by atoms with van der Waals surface area (Å²) >= 11 is 0. The van der Waals surface area contributed by atoms with Crippen molar-refractivity contribution in [3.8, 4) is 5.75 Å². The van der Waals surface area contributed by atoms with Gasteiger partial charge in [0, 0.05) is 25.1 Å². The van der Waals surface area contributed by atoms with E-state index in [4.69, 9.17) is 9.84 Å². The number of benzene rings is 2. The first kappa shape index (κ1) is 18.6. The molecule has 3 N–H and O–H groups in total. The van der Waals surface area contributed by atoms with Gasteiger partial charge in [-0.1, -0.05) is 30.3 Å². The number of ether oxygens (including phenoxy) is 1. The fourth-order valence-corrected chi connectivity index (χ4v) is 2.54. The first-order valence-electron chi connectivity index (χ1n) is 8.38. The van der Waals surface area contributed by atoms with E-state index < -0.39 is 5.97 Å². The number of carboxylic acids is 1. The predicted octanol–water partition coefficient (Wildman–Crippen LogP) is 3.29. The average molecular weight is 344 g/mol. The fourth-order valence-electron chi connectivity index (χ4n) is 2.54. The lowest BCUT2D eigenvalue weighted by Gasteiger charge is -2.17. The Hall–Kier alpha value is -2.76. The van der Waals surface area contributed by atoms with Gasteiger partial charge in [-0.3, -0.25) is 4.79 Å². The molecule has 2 rings (SSSR count). The lowest BCUT2D eigenvalue weighted by atomic mass is 10.0. The summed E-state index contributed by atoms with van der Waals surface area (Å²) in [6.07, 6.45) is 0.471. The third-order valence-corrected chi connectivity index (χ3v) is 3.64. The van der Waals surface area contributed by atoms with Crippen LogP contribution in [0.25, 0.3) is 10.8 Å². The normalized spacial score (nSPS) is 10.7. The predicted molar refractivity (Wildman–Crippen MR) is 96.8 cm³/mol. The number of hydrogen-bond acceptors (Lipinski definition) is 3. The van der Waals surface area contributed by atoms with Crippen molar-refractivity contribution in [2.45, 2.75) is 39.3 Å². The molecule has 2 aromatic carbocycles. The number of nitrogens with one attached hydrogen (secondary N) is 2. The Bertz CT molecular complexity index is 743. The maximum atomic E-state index is 11.9. The van der Waals surface area contributed by atoms with Crippen LogP contribution in [0.15, 0.2) is 36.4 Å². The van der Waals surface area contributed by atoms with Crippen molar-refractivity contribution in [3.05, 3.63) is 42.0 Å². The molecule has 0 radical (unpaired) electrons. The average Bonchev–Trinajstić information content (AvgIpc) is 2.57. The van der Waals surface area contributed by atoms with Gasteiger partial charge in [-0.05, 0) is 37.1 Å². The summed E-state index contributed by atoms with van der Waals surface area (Å²) in [6.45, 7) is 4.57. The summed E-state index contributed by atoms with van der Waals surface area (Å²) in [5.41, 5.74) is 0.924. The Kier molecular flexibility index (Phi) is 6.62. The molecule has 0 bridgehead atoms. The third-order valence-electron chi connectivity index (χ3n) is 3.64. The quantitative estimate of drug-likeness (QED) is 0.641. The number of carbonyl (C=O) groups is 2. The van der Waals surface area contributed by atoms with Crippen LogP contribution in [-0.4, -0.2) is 29.8 Å². The minimum absolute atomic E-state index is 0.0322. The SMILES string of the molecule is CC(C)Oc1ccc2ccccc2c1CNC(=O)NCCCC(=O)O. The fraction of sp³-hybridized carbons (Fsp3) is 0.368. The largest absolute Gasteiger partial charge is 0.491 e. The van der Waals surface area contributed by atoms with E-state index in [0.717, 1.165) is 22.1 Å². The van der Waals surface area contributed by atoms with Gasteiger partial charge in [0.2, 0.25) is 0 Å². The van der Waals surface area contributed by atoms with Crippen LogP contribution >= 0.6 is 0 Å². The minimum Gasteiger partial charge on any atom is -0.491 e. The molecular formula is C19H24N2O4. The number of rotatable bonds is 8. The summed E-state index contributed by atoms with van der Waals surface area (Å²) in [7, 11) is 0. The van der Waals surface area contributed by atoms with Crippen LogP contribution in [0.2, 0.25) is 0 Å². The summed E-state index contributed by atoms with van der Waals surface area (Å²) in [5, 5.41) is 16.2. The van der Waals surface area contributed by atoms with Crippen molar-refractivity contribution in [2.75, 3.05) is 6.54 Å². The van der Waals surface area contributed by atoms with Crippen LogP contribution in [0.3, 0.4) is 0 Å². The lowest BCUT2D eigenvalue weighted by Crippen LogP contribution is -2.35. The standard InChI is InChI=1S/C19H24N2O4/c1-13(2)25-17-10-9-14-6-3-4-7-15(14)16(17)12-21-19(24)20-11-5-8-18(22)23/h3-4,6-7,9-10,13H,5,8,11-12H2,1-2H3,(H,22,23)(H2,20,21,24). The lowest BCUT2D eigenvalue weighted by molar-refractivity contribution is -0.137. The van der Waals surface area contributed by atoms with E-state index in [1.807, 2.05) is 50.2 Å². The van der Waals surface area contributed by atoms with Crippen LogP contribution in [0.4, 0.5) is 4.79 Å². The van der Waals surface area contributed by atoms with E-state index >= 15 is 0 Å². The molecule has 0 aliphatic heterocycles. The highest BCUT2D eigenvalue weighted by Gasteiger charge is 2.11. The zero-order valence-electron chi connectivity index (χ0n) is 14.5. The molecule has 0 aromatic heterocycles. The molecule has 0 heterocycles. The van der Waals surface area contributed by atoms with Gasteiger partial charge in [-0.25, -0.2) is 4.79 Å². The molecule has 25 heavy (non-hydrogen) atoms. The van der Waals surface area contributed by atoms with Crippen molar-refractivity contribution >= 4 is 22.8 Å². The molecule has 2 amide bonds. The molecule has 0 fully saturated rings. The molecule has 134 valence electrons. The van der Waals surface area contributed by atoms with Crippen LogP contribution in [-0.2, 0) is 11.3 Å². The van der Waals surface area contributed by atoms with Crippen molar-refractivity contribution in [1.29, 1.82) is 0 Å². The van der Waals surface area contributed by atoms with Crippen molar-refractivity contribution in [3.63, 3.8) is 0 Å². The van der Waals surface area contributed by atoms with Gasteiger partial charge in [-0.15, -0.1) is 0 Å². The summed E-state index contributed by atoms with van der Waals surface area (Å²) in [5.74, 6) is -0.117. The maximum Gasteiger partial charge on any atom is 0.315 e. The molecule has 0 saturated carbocycles. The van der Waals surface area contributed by atoms with E-state index in [9.17, 15) is 9.59 Å². The van der Waals surface area contributed by atoms with E-state index in [-0.39, 0.29) is 18.6 Å². The smallest absolute Gasteiger partial charge is 0.315 e. The number of carboxylic acid groups (broad SMARTS) is 1. The van der Waals surface area contributed by atoms with Gasteiger partial charge >= 0.3 is 12.0 Å². The molecule has 2 aromatic rings. The van der Waals surface area contributed by atoms with Gasteiger partial charge in [0.1, 0.15) is 5.75 Å². The Balaban J connectivity index is 2.05. The number of aliphatic carboxylic acids is 1. The topological polar surface area (TPSA) is 87.7 Å². The van der Waals surface area contributed by atoms with Crippen molar-refractivity contribution in [1.82, 2.24) is 10.6 Å². The minimum atomic E-state index is -0.867. The first-order valence-corrected chi connectivity index (χ1v) is 8.38. The molecule has 6 heteroatoms. The van der Waals surface area contributed by atoms with E-state index in [1.165, 1.54) is 0 Å². The molecular weight excluding hydrogens is 320 g/mol. The number of carbonyl (C=O) groups excluding carboxylic acids is 1. The second-order valence-corrected chi connectivity index (χ2v) is 6.04. The molecule has 0 atom stereocenters. The number of hydrogen-bond donors (Lipinski definition) is 3. The monoisotopic (exact) mass is 344 g/mol. The third kappa shape index (κ3) is 5.67. The molecule has 0 spiro atoms. The van der Waals surface area contributed by atoms with Crippen molar-refractivity contribution < 1.29 is 19.4 Å². The second-order valence-electron chi connectivity index (χ2n) is 6.04. The van der Waals surface area contributed by atoms with Crippen molar-refractivity contribution in [2.24, 2.45) is 0 Å². The zero-order chi connectivity index (χ0) is 18.2. The molecule has 0 aliphatic carbocycles.